The van der Waals surface area contributed by atoms with Gasteiger partial charge in [-0.25, -0.2) is 4.39 Å². The largest absolute Gasteiger partial charge is 0.335 e. The summed E-state index contributed by atoms with van der Waals surface area (Å²) in [6.07, 6.45) is 3.11. The number of amides is 1. The van der Waals surface area contributed by atoms with Crippen LogP contribution in [0.5, 0.6) is 0 Å². The van der Waals surface area contributed by atoms with Gasteiger partial charge in [-0.1, -0.05) is 0 Å². The molecule has 78 valence electrons. The maximum absolute atomic E-state index is 12.9. The first kappa shape index (κ1) is 9.65. The van der Waals surface area contributed by atoms with Gasteiger partial charge in [0.25, 0.3) is 0 Å². The number of halogens is 1. The zero-order chi connectivity index (χ0) is 9.97. The Labute approximate surface area is 83.0 Å². The van der Waals surface area contributed by atoms with E-state index in [0.717, 1.165) is 19.5 Å². The van der Waals surface area contributed by atoms with Crippen LogP contribution in [-0.4, -0.2) is 37.0 Å². The predicted octanol–water partition coefficient (Wildman–Crippen LogP) is 0.682. The van der Waals surface area contributed by atoms with Crippen molar-refractivity contribution in [2.24, 2.45) is 5.92 Å². The number of rotatable bonds is 1. The number of nitrogens with zero attached hydrogens (tertiary/aromatic N) is 1. The van der Waals surface area contributed by atoms with Crippen LogP contribution in [0.3, 0.4) is 0 Å². The molecule has 1 saturated heterocycles. The van der Waals surface area contributed by atoms with E-state index in [0.29, 0.717) is 13.0 Å². The van der Waals surface area contributed by atoms with Crippen molar-refractivity contribution < 1.29 is 9.18 Å². The lowest BCUT2D eigenvalue weighted by Gasteiger charge is -2.26. The van der Waals surface area contributed by atoms with Crippen molar-refractivity contribution >= 4 is 5.91 Å². The van der Waals surface area contributed by atoms with Gasteiger partial charge in [0.1, 0.15) is 5.83 Å². The third-order valence-corrected chi connectivity index (χ3v) is 2.83. The highest BCUT2D eigenvalue weighted by Crippen LogP contribution is 2.16. The van der Waals surface area contributed by atoms with E-state index in [2.05, 4.69) is 5.32 Å². The van der Waals surface area contributed by atoms with Crippen molar-refractivity contribution in [2.75, 3.05) is 26.2 Å². The van der Waals surface area contributed by atoms with E-state index in [1.807, 2.05) is 0 Å². The number of carbonyl (C=O) groups is 1. The summed E-state index contributed by atoms with van der Waals surface area (Å²) in [5.41, 5.74) is 0. The van der Waals surface area contributed by atoms with Crippen molar-refractivity contribution in [1.82, 2.24) is 10.2 Å². The lowest BCUT2D eigenvalue weighted by atomic mass is 10.1. The summed E-state index contributed by atoms with van der Waals surface area (Å²) in [5, 5.41) is 3.15. The molecule has 0 aliphatic carbocycles. The summed E-state index contributed by atoms with van der Waals surface area (Å²) in [6.45, 7) is 2.50. The average Bonchev–Trinajstić information content (AvgIpc) is 2.69. The molecule has 1 unspecified atom stereocenters. The summed E-state index contributed by atoms with van der Waals surface area (Å²) in [7, 11) is 0. The van der Waals surface area contributed by atoms with Crippen molar-refractivity contribution in [1.29, 1.82) is 0 Å². The van der Waals surface area contributed by atoms with E-state index in [9.17, 15) is 9.18 Å². The van der Waals surface area contributed by atoms with Crippen molar-refractivity contribution in [2.45, 2.75) is 12.8 Å². The molecule has 0 aromatic carbocycles. The molecule has 0 aromatic rings. The van der Waals surface area contributed by atoms with E-state index in [1.54, 1.807) is 11.0 Å². The van der Waals surface area contributed by atoms with Gasteiger partial charge in [-0.3, -0.25) is 4.79 Å². The molecule has 2 heterocycles. The fraction of sp³-hybridized carbons (Fsp3) is 0.700. The maximum atomic E-state index is 12.9. The fourth-order valence-corrected chi connectivity index (χ4v) is 2.01. The first-order chi connectivity index (χ1) is 6.77. The van der Waals surface area contributed by atoms with Gasteiger partial charge in [0.05, 0.1) is 12.5 Å². The second-order valence-electron chi connectivity index (χ2n) is 3.89. The van der Waals surface area contributed by atoms with Crippen LogP contribution in [-0.2, 0) is 4.79 Å². The van der Waals surface area contributed by atoms with E-state index in [1.165, 1.54) is 0 Å². The molecule has 0 saturated carbocycles. The minimum atomic E-state index is -0.171. The molecule has 0 bridgehead atoms. The maximum Gasteiger partial charge on any atom is 0.227 e. The molecule has 14 heavy (non-hydrogen) atoms. The minimum absolute atomic E-state index is 0.0703. The van der Waals surface area contributed by atoms with Gasteiger partial charge in [0, 0.05) is 13.1 Å². The predicted molar refractivity (Wildman–Crippen MR) is 51.4 cm³/mol. The number of hydrogen-bond donors (Lipinski definition) is 1. The molecule has 1 N–H and O–H groups in total. The first-order valence-corrected chi connectivity index (χ1v) is 5.11. The Morgan fingerprint density at radius 3 is 3.14 bits per heavy atom. The van der Waals surface area contributed by atoms with Crippen LogP contribution in [0.1, 0.15) is 12.8 Å². The Morgan fingerprint density at radius 2 is 2.50 bits per heavy atom. The number of nitrogens with one attached hydrogen (secondary N) is 1. The van der Waals surface area contributed by atoms with E-state index in [-0.39, 0.29) is 24.2 Å². The monoisotopic (exact) mass is 198 g/mol. The molecular weight excluding hydrogens is 183 g/mol. The second-order valence-corrected chi connectivity index (χ2v) is 3.89. The summed E-state index contributed by atoms with van der Waals surface area (Å²) < 4.78 is 12.9. The standard InChI is InChI=1S/C10H15FN2O/c11-9-2-1-5-13(7-9)10(14)8-3-4-12-6-8/h2,8,12H,1,3-7H2. The van der Waals surface area contributed by atoms with Crippen LogP contribution in [0.2, 0.25) is 0 Å². The van der Waals surface area contributed by atoms with Gasteiger partial charge in [0.2, 0.25) is 5.91 Å². The Bertz CT molecular complexity index is 259. The van der Waals surface area contributed by atoms with Crippen LogP contribution in [0.15, 0.2) is 11.9 Å². The van der Waals surface area contributed by atoms with Crippen LogP contribution in [0, 0.1) is 5.92 Å². The molecule has 0 aromatic heterocycles. The normalized spacial score (nSPS) is 27.6. The topological polar surface area (TPSA) is 32.3 Å². The van der Waals surface area contributed by atoms with Crippen LogP contribution in [0.25, 0.3) is 0 Å². The van der Waals surface area contributed by atoms with Crippen molar-refractivity contribution in [3.05, 3.63) is 11.9 Å². The van der Waals surface area contributed by atoms with E-state index < -0.39 is 0 Å². The lowest BCUT2D eigenvalue weighted by molar-refractivity contribution is -0.134. The smallest absolute Gasteiger partial charge is 0.227 e. The molecule has 0 radical (unpaired) electrons. The molecule has 3 nitrogen and oxygen atoms in total. The van der Waals surface area contributed by atoms with Gasteiger partial charge >= 0.3 is 0 Å². The summed E-state index contributed by atoms with van der Waals surface area (Å²) in [5.74, 6) is 0.00899. The third kappa shape index (κ3) is 1.95. The Morgan fingerprint density at radius 1 is 1.64 bits per heavy atom. The summed E-state index contributed by atoms with van der Waals surface area (Å²) in [6, 6.07) is 0. The fourth-order valence-electron chi connectivity index (χ4n) is 2.01. The Hall–Kier alpha value is -0.900. The molecule has 1 atom stereocenters. The second kappa shape index (κ2) is 4.09. The van der Waals surface area contributed by atoms with Crippen LogP contribution >= 0.6 is 0 Å². The molecule has 1 fully saturated rings. The van der Waals surface area contributed by atoms with E-state index >= 15 is 0 Å². The number of hydrogen-bond acceptors (Lipinski definition) is 2. The molecule has 2 aliphatic rings. The molecular formula is C10H15FN2O. The van der Waals surface area contributed by atoms with Crippen molar-refractivity contribution in [3.8, 4) is 0 Å². The Balaban J connectivity index is 1.94. The van der Waals surface area contributed by atoms with Crippen LogP contribution < -0.4 is 5.32 Å². The SMILES string of the molecule is O=C(C1CCNC1)N1CCC=C(F)C1. The van der Waals surface area contributed by atoms with Gasteiger partial charge < -0.3 is 10.2 Å². The quantitative estimate of drug-likeness (QED) is 0.672. The van der Waals surface area contributed by atoms with Gasteiger partial charge in [-0.15, -0.1) is 0 Å². The minimum Gasteiger partial charge on any atom is -0.335 e. The van der Waals surface area contributed by atoms with Crippen LogP contribution in [0.4, 0.5) is 4.39 Å². The van der Waals surface area contributed by atoms with Crippen molar-refractivity contribution in [3.63, 3.8) is 0 Å². The highest BCUT2D eigenvalue weighted by atomic mass is 19.1. The zero-order valence-corrected chi connectivity index (χ0v) is 8.13. The zero-order valence-electron chi connectivity index (χ0n) is 8.13. The third-order valence-electron chi connectivity index (χ3n) is 2.83. The first-order valence-electron chi connectivity index (χ1n) is 5.11. The molecule has 0 spiro atoms. The van der Waals surface area contributed by atoms with Gasteiger partial charge in [-0.05, 0) is 25.5 Å². The molecule has 2 rings (SSSR count). The highest BCUT2D eigenvalue weighted by Gasteiger charge is 2.28. The number of carbonyl (C=O) groups excluding carboxylic acids is 1. The van der Waals surface area contributed by atoms with Gasteiger partial charge in [-0.2, -0.15) is 0 Å². The average molecular weight is 198 g/mol. The highest BCUT2D eigenvalue weighted by molar-refractivity contribution is 5.79. The molecule has 1 amide bonds. The molecule has 4 heteroatoms. The Kier molecular flexibility index (Phi) is 2.82. The summed E-state index contributed by atoms with van der Waals surface area (Å²) >= 11 is 0. The summed E-state index contributed by atoms with van der Waals surface area (Å²) in [4.78, 5) is 13.5. The van der Waals surface area contributed by atoms with Gasteiger partial charge in [0.15, 0.2) is 0 Å². The van der Waals surface area contributed by atoms with E-state index in [4.69, 9.17) is 0 Å². The molecule has 2 aliphatic heterocycles. The lowest BCUT2D eigenvalue weighted by Crippen LogP contribution is -2.40.